The smallest absolute Gasteiger partial charge is 0.232 e. The molecule has 8 heteroatoms. The fourth-order valence-corrected chi connectivity index (χ4v) is 3.63. The zero-order valence-electron chi connectivity index (χ0n) is 17.7. The van der Waals surface area contributed by atoms with Crippen molar-refractivity contribution in [2.24, 2.45) is 5.92 Å². The molecule has 1 aliphatic heterocycles. The van der Waals surface area contributed by atoms with Crippen LogP contribution in [0, 0.1) is 5.92 Å². The molecule has 0 N–H and O–H groups in total. The van der Waals surface area contributed by atoms with E-state index in [0.29, 0.717) is 47.2 Å². The summed E-state index contributed by atoms with van der Waals surface area (Å²) in [6.45, 7) is 5.29. The van der Waals surface area contributed by atoms with Gasteiger partial charge < -0.3 is 18.9 Å². The van der Waals surface area contributed by atoms with Crippen LogP contribution >= 0.6 is 11.6 Å². The van der Waals surface area contributed by atoms with Gasteiger partial charge in [0.2, 0.25) is 17.6 Å². The first kappa shape index (κ1) is 21.2. The van der Waals surface area contributed by atoms with Gasteiger partial charge in [-0.1, -0.05) is 30.6 Å². The molecule has 1 unspecified atom stereocenters. The van der Waals surface area contributed by atoms with Gasteiger partial charge in [0.15, 0.2) is 0 Å². The van der Waals surface area contributed by atoms with Crippen LogP contribution in [0.4, 0.5) is 5.69 Å². The molecule has 0 bridgehead atoms. The van der Waals surface area contributed by atoms with Gasteiger partial charge in [0, 0.05) is 23.6 Å². The lowest BCUT2D eigenvalue weighted by molar-refractivity contribution is -0.117. The van der Waals surface area contributed by atoms with Crippen LogP contribution in [0.2, 0.25) is 5.02 Å². The minimum atomic E-state index is -0.203. The van der Waals surface area contributed by atoms with E-state index in [-0.39, 0.29) is 18.2 Å². The molecule has 0 radical (unpaired) electrons. The first-order valence-electron chi connectivity index (χ1n) is 10.2. The number of aromatic nitrogens is 2. The number of hydrogen-bond acceptors (Lipinski definition) is 6. The maximum atomic E-state index is 12.7. The molecule has 0 saturated carbocycles. The van der Waals surface area contributed by atoms with Crippen LogP contribution < -0.4 is 14.4 Å². The van der Waals surface area contributed by atoms with Gasteiger partial charge in [-0.15, -0.1) is 0 Å². The standard InChI is InChI=1S/C23H24ClN3O4/c1-14(2)13-30-18-7-4-15(5-8-18)22-25-23(31-26-22)16-10-21(28)27(12-16)19-11-17(24)6-9-20(19)29-3/h4-9,11,14,16H,10,12-13H2,1-3H3. The SMILES string of the molecule is COc1ccc(Cl)cc1N1CC(c2nc(-c3ccc(OCC(C)C)cc3)no2)CC1=O. The van der Waals surface area contributed by atoms with Crippen molar-refractivity contribution in [2.75, 3.05) is 25.2 Å². The Hall–Kier alpha value is -3.06. The lowest BCUT2D eigenvalue weighted by Crippen LogP contribution is -2.24. The van der Waals surface area contributed by atoms with Crippen LogP contribution in [-0.4, -0.2) is 36.3 Å². The van der Waals surface area contributed by atoms with Crippen LogP contribution in [0.1, 0.15) is 32.1 Å². The average molecular weight is 442 g/mol. The second kappa shape index (κ2) is 8.98. The summed E-state index contributed by atoms with van der Waals surface area (Å²) in [5.74, 6) is 2.52. The van der Waals surface area contributed by atoms with E-state index in [0.717, 1.165) is 11.3 Å². The lowest BCUT2D eigenvalue weighted by atomic mass is 10.1. The zero-order chi connectivity index (χ0) is 22.0. The Bertz CT molecular complexity index is 1060. The van der Waals surface area contributed by atoms with Crippen molar-refractivity contribution in [2.45, 2.75) is 26.2 Å². The van der Waals surface area contributed by atoms with Gasteiger partial charge in [-0.25, -0.2) is 0 Å². The highest BCUT2D eigenvalue weighted by molar-refractivity contribution is 6.31. The number of ether oxygens (including phenoxy) is 2. The summed E-state index contributed by atoms with van der Waals surface area (Å²) in [6.07, 6.45) is 0.277. The van der Waals surface area contributed by atoms with Crippen LogP contribution in [-0.2, 0) is 4.79 Å². The highest BCUT2D eigenvalue weighted by Gasteiger charge is 2.36. The number of carbonyl (C=O) groups excluding carboxylic acids is 1. The molecule has 1 atom stereocenters. The summed E-state index contributed by atoms with van der Waals surface area (Å²) in [7, 11) is 1.56. The molecule has 3 aromatic rings. The minimum Gasteiger partial charge on any atom is -0.495 e. The molecule has 0 spiro atoms. The Morgan fingerprint density at radius 1 is 1.23 bits per heavy atom. The summed E-state index contributed by atoms with van der Waals surface area (Å²) < 4.78 is 16.6. The monoisotopic (exact) mass is 441 g/mol. The fourth-order valence-electron chi connectivity index (χ4n) is 3.46. The quantitative estimate of drug-likeness (QED) is 0.516. The third-order valence-corrected chi connectivity index (χ3v) is 5.28. The fraction of sp³-hybridized carbons (Fsp3) is 0.348. The van der Waals surface area contributed by atoms with E-state index >= 15 is 0 Å². The summed E-state index contributed by atoms with van der Waals surface area (Å²) in [5.41, 5.74) is 1.46. The topological polar surface area (TPSA) is 77.7 Å². The molecule has 162 valence electrons. The molecule has 2 aromatic carbocycles. The Kier molecular flexibility index (Phi) is 6.13. The van der Waals surface area contributed by atoms with E-state index < -0.39 is 0 Å². The molecule has 1 fully saturated rings. The molecule has 1 aliphatic rings. The van der Waals surface area contributed by atoms with Crippen molar-refractivity contribution in [3.8, 4) is 22.9 Å². The van der Waals surface area contributed by atoms with E-state index in [2.05, 4.69) is 24.0 Å². The van der Waals surface area contributed by atoms with Crippen molar-refractivity contribution in [3.05, 3.63) is 53.4 Å². The van der Waals surface area contributed by atoms with Crippen LogP contribution in [0.15, 0.2) is 47.0 Å². The number of methoxy groups -OCH3 is 1. The van der Waals surface area contributed by atoms with E-state index in [9.17, 15) is 4.79 Å². The summed E-state index contributed by atoms with van der Waals surface area (Å²) in [4.78, 5) is 18.9. The van der Waals surface area contributed by atoms with Gasteiger partial charge in [0.05, 0.1) is 25.3 Å². The molecule has 31 heavy (non-hydrogen) atoms. The third-order valence-electron chi connectivity index (χ3n) is 5.04. The second-order valence-corrected chi connectivity index (χ2v) is 8.34. The largest absolute Gasteiger partial charge is 0.495 e. The van der Waals surface area contributed by atoms with E-state index in [1.165, 1.54) is 0 Å². The highest BCUT2D eigenvalue weighted by atomic mass is 35.5. The van der Waals surface area contributed by atoms with Gasteiger partial charge >= 0.3 is 0 Å². The van der Waals surface area contributed by atoms with Crippen LogP contribution in [0.5, 0.6) is 11.5 Å². The number of benzene rings is 2. The summed E-state index contributed by atoms with van der Waals surface area (Å²) in [5, 5.41) is 4.64. The first-order valence-corrected chi connectivity index (χ1v) is 10.5. The van der Waals surface area contributed by atoms with Crippen molar-refractivity contribution in [3.63, 3.8) is 0 Å². The first-order chi connectivity index (χ1) is 14.9. The van der Waals surface area contributed by atoms with Gasteiger partial charge in [0.25, 0.3) is 0 Å². The van der Waals surface area contributed by atoms with Gasteiger partial charge in [-0.2, -0.15) is 4.98 Å². The average Bonchev–Trinajstić information content (AvgIpc) is 3.39. The molecule has 7 nitrogen and oxygen atoms in total. The maximum absolute atomic E-state index is 12.7. The molecule has 4 rings (SSSR count). The number of nitrogens with zero attached hydrogens (tertiary/aromatic N) is 3. The Labute approximate surface area is 185 Å². The highest BCUT2D eigenvalue weighted by Crippen LogP contribution is 2.38. The molecule has 2 heterocycles. The van der Waals surface area contributed by atoms with Gasteiger partial charge in [0.1, 0.15) is 11.5 Å². The Balaban J connectivity index is 1.49. The van der Waals surface area contributed by atoms with Gasteiger partial charge in [-0.05, 0) is 48.4 Å². The van der Waals surface area contributed by atoms with Crippen molar-refractivity contribution in [1.82, 2.24) is 10.1 Å². The Morgan fingerprint density at radius 2 is 2.00 bits per heavy atom. The van der Waals surface area contributed by atoms with Crippen LogP contribution in [0.3, 0.4) is 0 Å². The second-order valence-electron chi connectivity index (χ2n) is 7.91. The van der Waals surface area contributed by atoms with E-state index in [4.69, 9.17) is 25.6 Å². The zero-order valence-corrected chi connectivity index (χ0v) is 18.4. The number of hydrogen-bond donors (Lipinski definition) is 0. The molecular formula is C23H24ClN3O4. The number of anilines is 1. The lowest BCUT2D eigenvalue weighted by Gasteiger charge is -2.19. The van der Waals surface area contributed by atoms with E-state index in [1.54, 1.807) is 30.2 Å². The molecular weight excluding hydrogens is 418 g/mol. The molecule has 0 aliphatic carbocycles. The van der Waals surface area contributed by atoms with Crippen LogP contribution in [0.25, 0.3) is 11.4 Å². The summed E-state index contributed by atoms with van der Waals surface area (Å²) >= 11 is 6.13. The number of carbonyl (C=O) groups is 1. The molecule has 1 amide bonds. The number of amides is 1. The maximum Gasteiger partial charge on any atom is 0.232 e. The number of rotatable bonds is 7. The Morgan fingerprint density at radius 3 is 2.71 bits per heavy atom. The predicted octanol–water partition coefficient (Wildman–Crippen LogP) is 4.95. The summed E-state index contributed by atoms with van der Waals surface area (Å²) in [6, 6.07) is 12.8. The molecule has 1 aromatic heterocycles. The van der Waals surface area contributed by atoms with Gasteiger partial charge in [-0.3, -0.25) is 4.79 Å². The molecule has 1 saturated heterocycles. The minimum absolute atomic E-state index is 0.0445. The normalized spacial score (nSPS) is 16.2. The van der Waals surface area contributed by atoms with Crippen molar-refractivity contribution in [1.29, 1.82) is 0 Å². The van der Waals surface area contributed by atoms with E-state index in [1.807, 2.05) is 24.3 Å². The third kappa shape index (κ3) is 4.66. The van der Waals surface area contributed by atoms with Crippen molar-refractivity contribution >= 4 is 23.2 Å². The predicted molar refractivity (Wildman–Crippen MR) is 118 cm³/mol. The van der Waals surface area contributed by atoms with Crippen molar-refractivity contribution < 1.29 is 18.8 Å². The number of halogens is 1.